The Kier molecular flexibility index (Phi) is 5.39. The van der Waals surface area contributed by atoms with Crippen LogP contribution in [0.3, 0.4) is 0 Å². The van der Waals surface area contributed by atoms with Crippen molar-refractivity contribution in [2.24, 2.45) is 5.73 Å². The number of aryl methyl sites for hydroxylation is 1. The fourth-order valence-corrected chi connectivity index (χ4v) is 2.34. The molecule has 1 rings (SSSR count). The van der Waals surface area contributed by atoms with E-state index in [9.17, 15) is 0 Å². The predicted octanol–water partition coefficient (Wildman–Crippen LogP) is 3.12. The molecule has 0 amide bonds. The van der Waals surface area contributed by atoms with Crippen LogP contribution in [0.1, 0.15) is 43.9 Å². The first-order chi connectivity index (χ1) is 8.74. The number of ether oxygens (including phenoxy) is 1. The van der Waals surface area contributed by atoms with Gasteiger partial charge in [0.25, 0.3) is 0 Å². The topological polar surface area (TPSA) is 38.5 Å². The maximum Gasteiger partial charge on any atom is 0.121 e. The summed E-state index contributed by atoms with van der Waals surface area (Å²) < 4.78 is 5.32. The summed E-state index contributed by atoms with van der Waals surface area (Å²) in [6, 6.07) is 6.81. The van der Waals surface area contributed by atoms with Crippen LogP contribution < -0.4 is 10.5 Å². The van der Waals surface area contributed by atoms with E-state index >= 15 is 0 Å². The maximum atomic E-state index is 6.10. The van der Waals surface area contributed by atoms with Gasteiger partial charge in [-0.3, -0.25) is 0 Å². The fraction of sp³-hybridized carbons (Fsp3) is 0.625. The van der Waals surface area contributed by atoms with E-state index < -0.39 is 0 Å². The summed E-state index contributed by atoms with van der Waals surface area (Å²) in [5, 5.41) is 0. The minimum atomic E-state index is -0.115. The number of rotatable bonds is 6. The smallest absolute Gasteiger partial charge is 0.121 e. The Hall–Kier alpha value is -1.06. The van der Waals surface area contributed by atoms with Crippen LogP contribution in [0.15, 0.2) is 18.2 Å². The lowest BCUT2D eigenvalue weighted by atomic mass is 9.92. The minimum Gasteiger partial charge on any atom is -0.496 e. The van der Waals surface area contributed by atoms with Crippen LogP contribution in [0, 0.1) is 6.92 Å². The number of hydrogen-bond acceptors (Lipinski definition) is 3. The molecule has 0 bridgehead atoms. The van der Waals surface area contributed by atoms with Gasteiger partial charge >= 0.3 is 0 Å². The molecule has 1 aromatic carbocycles. The summed E-state index contributed by atoms with van der Waals surface area (Å²) in [5.41, 5.74) is 8.49. The zero-order valence-electron chi connectivity index (χ0n) is 13.2. The maximum absolute atomic E-state index is 6.10. The van der Waals surface area contributed by atoms with Crippen molar-refractivity contribution in [2.45, 2.75) is 45.2 Å². The largest absolute Gasteiger partial charge is 0.496 e. The molecular weight excluding hydrogens is 236 g/mol. The Balaban J connectivity index is 2.90. The van der Waals surface area contributed by atoms with Crippen molar-refractivity contribution in [3.05, 3.63) is 29.3 Å². The lowest BCUT2D eigenvalue weighted by Crippen LogP contribution is -2.33. The molecule has 1 atom stereocenters. The van der Waals surface area contributed by atoms with E-state index in [0.717, 1.165) is 18.6 Å². The van der Waals surface area contributed by atoms with Crippen molar-refractivity contribution in [2.75, 3.05) is 21.2 Å². The van der Waals surface area contributed by atoms with E-state index in [4.69, 9.17) is 10.5 Å². The number of nitrogens with zero attached hydrogens (tertiary/aromatic N) is 1. The number of nitrogens with two attached hydrogens (primary N) is 1. The van der Waals surface area contributed by atoms with Crippen molar-refractivity contribution in [3.8, 4) is 5.75 Å². The lowest BCUT2D eigenvalue weighted by Gasteiger charge is -2.28. The van der Waals surface area contributed by atoms with Crippen LogP contribution in [0.4, 0.5) is 0 Å². The van der Waals surface area contributed by atoms with Gasteiger partial charge in [-0.25, -0.2) is 0 Å². The van der Waals surface area contributed by atoms with Gasteiger partial charge in [0.1, 0.15) is 5.75 Å². The average Bonchev–Trinajstić information content (AvgIpc) is 2.27. The van der Waals surface area contributed by atoms with E-state index in [0.29, 0.717) is 6.04 Å². The Morgan fingerprint density at radius 3 is 2.37 bits per heavy atom. The quantitative estimate of drug-likeness (QED) is 0.858. The third kappa shape index (κ3) is 4.84. The summed E-state index contributed by atoms with van der Waals surface area (Å²) in [7, 11) is 5.95. The molecule has 19 heavy (non-hydrogen) atoms. The van der Waals surface area contributed by atoms with E-state index in [2.05, 4.69) is 58.0 Å². The molecule has 3 heteroatoms. The Labute approximate surface area is 117 Å². The highest BCUT2D eigenvalue weighted by Gasteiger charge is 2.19. The van der Waals surface area contributed by atoms with Crippen LogP contribution in [-0.4, -0.2) is 31.6 Å². The predicted molar refractivity (Wildman–Crippen MR) is 81.7 cm³/mol. The second-order valence-electron chi connectivity index (χ2n) is 6.24. The van der Waals surface area contributed by atoms with Gasteiger partial charge < -0.3 is 15.4 Å². The van der Waals surface area contributed by atoms with Crippen LogP contribution in [0.25, 0.3) is 0 Å². The van der Waals surface area contributed by atoms with Crippen molar-refractivity contribution in [1.82, 2.24) is 4.90 Å². The monoisotopic (exact) mass is 264 g/mol. The minimum absolute atomic E-state index is 0.115. The summed E-state index contributed by atoms with van der Waals surface area (Å²) >= 11 is 0. The van der Waals surface area contributed by atoms with Crippen molar-refractivity contribution < 1.29 is 4.74 Å². The zero-order chi connectivity index (χ0) is 14.6. The molecule has 0 radical (unpaired) electrons. The second-order valence-corrected chi connectivity index (χ2v) is 6.24. The molecule has 1 aromatic rings. The van der Waals surface area contributed by atoms with Crippen LogP contribution in [0.2, 0.25) is 0 Å². The van der Waals surface area contributed by atoms with Crippen molar-refractivity contribution in [3.63, 3.8) is 0 Å². The first-order valence-electron chi connectivity index (χ1n) is 6.84. The molecule has 0 aliphatic carbocycles. The number of hydrogen-bond donors (Lipinski definition) is 1. The SMILES string of the molecule is COc1ccc(C(CCC(C)(C)N)N(C)C)cc1C. The van der Waals surface area contributed by atoms with Gasteiger partial charge in [0, 0.05) is 11.6 Å². The normalized spacial score (nSPS) is 13.7. The van der Waals surface area contributed by atoms with Gasteiger partial charge in [-0.2, -0.15) is 0 Å². The molecule has 3 nitrogen and oxygen atoms in total. The molecule has 108 valence electrons. The van der Waals surface area contributed by atoms with Gasteiger partial charge in [0.05, 0.1) is 7.11 Å². The Morgan fingerprint density at radius 2 is 1.95 bits per heavy atom. The van der Waals surface area contributed by atoms with Gasteiger partial charge in [0.2, 0.25) is 0 Å². The second kappa shape index (κ2) is 6.40. The van der Waals surface area contributed by atoms with Gasteiger partial charge in [-0.05, 0) is 64.9 Å². The molecule has 0 heterocycles. The van der Waals surface area contributed by atoms with Crippen LogP contribution in [-0.2, 0) is 0 Å². The van der Waals surface area contributed by atoms with Crippen molar-refractivity contribution in [1.29, 1.82) is 0 Å². The summed E-state index contributed by atoms with van der Waals surface area (Å²) in [6.45, 7) is 6.25. The lowest BCUT2D eigenvalue weighted by molar-refractivity contribution is 0.261. The molecule has 0 fully saturated rings. The van der Waals surface area contributed by atoms with Crippen LogP contribution in [0.5, 0.6) is 5.75 Å². The van der Waals surface area contributed by atoms with Crippen LogP contribution >= 0.6 is 0 Å². The molecule has 0 saturated heterocycles. The molecule has 0 saturated carbocycles. The molecular formula is C16H28N2O. The standard InChI is InChI=1S/C16H28N2O/c1-12-11-13(7-8-15(12)19-6)14(18(4)5)9-10-16(2,3)17/h7-8,11,14H,9-10,17H2,1-6H3. The first kappa shape index (κ1) is 16.0. The van der Waals surface area contributed by atoms with Crippen molar-refractivity contribution >= 4 is 0 Å². The summed E-state index contributed by atoms with van der Waals surface area (Å²) in [4.78, 5) is 2.26. The number of methoxy groups -OCH3 is 1. The van der Waals surface area contributed by atoms with E-state index in [1.807, 2.05) is 0 Å². The van der Waals surface area contributed by atoms with Gasteiger partial charge in [-0.1, -0.05) is 12.1 Å². The Bertz CT molecular complexity index is 408. The van der Waals surface area contributed by atoms with E-state index in [-0.39, 0.29) is 5.54 Å². The van der Waals surface area contributed by atoms with E-state index in [1.54, 1.807) is 7.11 Å². The highest BCUT2D eigenvalue weighted by Crippen LogP contribution is 2.29. The highest BCUT2D eigenvalue weighted by molar-refractivity contribution is 5.37. The van der Waals surface area contributed by atoms with E-state index in [1.165, 1.54) is 11.1 Å². The summed E-state index contributed by atoms with van der Waals surface area (Å²) in [5.74, 6) is 0.945. The molecule has 0 aromatic heterocycles. The van der Waals surface area contributed by atoms with Gasteiger partial charge in [0.15, 0.2) is 0 Å². The number of benzene rings is 1. The molecule has 0 aliphatic rings. The molecule has 0 spiro atoms. The fourth-order valence-electron chi connectivity index (χ4n) is 2.34. The average molecular weight is 264 g/mol. The first-order valence-corrected chi connectivity index (χ1v) is 6.84. The third-order valence-electron chi connectivity index (χ3n) is 3.49. The zero-order valence-corrected chi connectivity index (χ0v) is 13.2. The third-order valence-corrected chi connectivity index (χ3v) is 3.49. The Morgan fingerprint density at radius 1 is 1.32 bits per heavy atom. The summed E-state index contributed by atoms with van der Waals surface area (Å²) in [6.07, 6.45) is 2.06. The molecule has 0 aliphatic heterocycles. The highest BCUT2D eigenvalue weighted by atomic mass is 16.5. The molecule has 2 N–H and O–H groups in total. The molecule has 1 unspecified atom stereocenters. The van der Waals surface area contributed by atoms with Gasteiger partial charge in [-0.15, -0.1) is 0 Å².